The van der Waals surface area contributed by atoms with Gasteiger partial charge in [0.05, 0.1) is 6.04 Å². The van der Waals surface area contributed by atoms with Gasteiger partial charge in [-0.15, -0.1) is 0 Å². The van der Waals surface area contributed by atoms with E-state index in [9.17, 15) is 0 Å². The zero-order valence-electron chi connectivity index (χ0n) is 17.8. The van der Waals surface area contributed by atoms with Crippen LogP contribution in [-0.2, 0) is 25.7 Å². The number of nitroso groups, excluding NO2 is 1. The second-order valence-corrected chi connectivity index (χ2v) is 8.54. The zero-order valence-corrected chi connectivity index (χ0v) is 20.8. The Kier molecular flexibility index (Phi) is 17.6. The maximum atomic E-state index is 7.50. The van der Waals surface area contributed by atoms with E-state index in [1.165, 1.54) is 16.2 Å². The van der Waals surface area contributed by atoms with E-state index in [4.69, 9.17) is 15.2 Å². The predicted molar refractivity (Wildman–Crippen MR) is 131 cm³/mol. The Morgan fingerprint density at radius 3 is 1.47 bits per heavy atom. The van der Waals surface area contributed by atoms with Crippen LogP contribution in [0, 0.1) is 11.6 Å². The molecule has 164 valence electrons. The van der Waals surface area contributed by atoms with Crippen LogP contribution in [-0.4, -0.2) is 0 Å². The van der Waals surface area contributed by atoms with Gasteiger partial charge < -0.3 is 10.5 Å². The van der Waals surface area contributed by atoms with E-state index < -0.39 is 8.07 Å². The molecule has 4 aromatic carbocycles. The Morgan fingerprint density at radius 1 is 0.750 bits per heavy atom. The molecule has 0 fully saturated rings. The van der Waals surface area contributed by atoms with Gasteiger partial charge in [0.15, 0.2) is 0 Å². The number of benzene rings is 3. The molecule has 0 saturated heterocycles. The summed E-state index contributed by atoms with van der Waals surface area (Å²) in [5.74, 6) is 0. The molecule has 4 nitrogen and oxygen atoms in total. The second-order valence-electron chi connectivity index (χ2n) is 6.35. The summed E-state index contributed by atoms with van der Waals surface area (Å²) in [4.78, 5) is 7.25. The van der Waals surface area contributed by atoms with Gasteiger partial charge in [-0.25, -0.2) is 12.1 Å². The standard InChI is InChI=1S/C20H20NP.C5H5.CO.Mo.NO/c1-17(18-11-5-2-6-12-18)21-22(19-13-7-3-8-14-19)20-15-9-4-10-16-20;1-2-4-5-3-1;1-2;;1-2/h2-17,21H,1H3;1-5H;;;/q;-1;;;-1/p+1. The minimum Gasteiger partial charge on any atom is -0.577 e. The van der Waals surface area contributed by atoms with Crippen LogP contribution in [0.15, 0.2) is 121 Å². The van der Waals surface area contributed by atoms with Gasteiger partial charge in [0, 0.05) is 21.1 Å². The maximum Gasteiger partial charge on any atom is 0 e. The molecule has 0 saturated carbocycles. The molecule has 1 N–H and O–H groups in total. The number of rotatable bonds is 5. The summed E-state index contributed by atoms with van der Waals surface area (Å²) in [6.45, 7) is 6.74. The Bertz CT molecular complexity index is 880. The summed E-state index contributed by atoms with van der Waals surface area (Å²) in [5, 5.41) is 6.65. The molecule has 1 unspecified atom stereocenters. The van der Waals surface area contributed by atoms with Crippen LogP contribution < -0.4 is 15.7 Å². The van der Waals surface area contributed by atoms with Crippen LogP contribution in [0.3, 0.4) is 0 Å². The van der Waals surface area contributed by atoms with Crippen molar-refractivity contribution < 1.29 is 25.7 Å². The molecule has 0 aromatic heterocycles. The molecule has 0 aliphatic rings. The first-order chi connectivity index (χ1) is 15.3. The van der Waals surface area contributed by atoms with Gasteiger partial charge in [-0.05, 0) is 36.8 Å². The third-order valence-corrected chi connectivity index (χ3v) is 6.88. The fourth-order valence-corrected chi connectivity index (χ4v) is 5.22. The van der Waals surface area contributed by atoms with Gasteiger partial charge in [-0.2, -0.15) is 23.3 Å². The Hall–Kier alpha value is -2.57. The topological polar surface area (TPSA) is 71.3 Å². The zero-order chi connectivity index (χ0) is 22.7. The first-order valence-electron chi connectivity index (χ1n) is 9.69. The third-order valence-electron chi connectivity index (χ3n) is 4.34. The van der Waals surface area contributed by atoms with Crippen molar-refractivity contribution >= 4 is 18.7 Å². The van der Waals surface area contributed by atoms with Crippen molar-refractivity contribution in [3.8, 4) is 0 Å². The number of nitrogens with zero attached hydrogens (tertiary/aromatic N) is 1. The quantitative estimate of drug-likeness (QED) is 0.155. The van der Waals surface area contributed by atoms with Gasteiger partial charge >= 0.3 is 11.3 Å². The molecule has 4 rings (SSSR count). The van der Waals surface area contributed by atoms with Crippen LogP contribution in [0.5, 0.6) is 0 Å². The maximum absolute atomic E-state index is 7.50. The first-order valence-corrected chi connectivity index (χ1v) is 11.2. The molecule has 6 heteroatoms. The van der Waals surface area contributed by atoms with E-state index in [-0.39, 0.29) is 21.1 Å². The average Bonchev–Trinajstić information content (AvgIpc) is 3.47. The summed E-state index contributed by atoms with van der Waals surface area (Å²) >= 11 is 0. The van der Waals surface area contributed by atoms with Crippen molar-refractivity contribution in [1.29, 1.82) is 0 Å². The van der Waals surface area contributed by atoms with Crippen LogP contribution in [0.2, 0.25) is 0 Å². The van der Waals surface area contributed by atoms with Gasteiger partial charge in [0.1, 0.15) is 18.7 Å². The van der Waals surface area contributed by atoms with E-state index in [1.54, 1.807) is 0 Å². The fraction of sp³-hybridized carbons (Fsp3) is 0.0769. The summed E-state index contributed by atoms with van der Waals surface area (Å²) < 4.78 is 7.50. The van der Waals surface area contributed by atoms with E-state index in [0.717, 1.165) is 0 Å². The monoisotopic (exact) mass is 527 g/mol. The van der Waals surface area contributed by atoms with Crippen molar-refractivity contribution in [3.05, 3.63) is 144 Å². The molecule has 0 aliphatic carbocycles. The Labute approximate surface area is 206 Å². The summed E-state index contributed by atoms with van der Waals surface area (Å²) in [7, 11) is -0.996. The molecular formula is C26H26MoN2O2P-. The van der Waals surface area contributed by atoms with E-state index in [2.05, 4.69) is 110 Å². The predicted octanol–water partition coefficient (Wildman–Crippen LogP) is 5.81. The van der Waals surface area contributed by atoms with E-state index >= 15 is 0 Å². The van der Waals surface area contributed by atoms with Crippen LogP contribution in [0.25, 0.3) is 5.59 Å². The Balaban J connectivity index is 0.000000822. The molecule has 0 aliphatic heterocycles. The van der Waals surface area contributed by atoms with Gasteiger partial charge in [-0.1, -0.05) is 66.7 Å². The minimum absolute atomic E-state index is 0. The molecular weight excluding hydrogens is 499 g/mol. The van der Waals surface area contributed by atoms with Crippen molar-refractivity contribution in [3.63, 3.8) is 0 Å². The van der Waals surface area contributed by atoms with Crippen molar-refractivity contribution in [2.24, 2.45) is 0 Å². The van der Waals surface area contributed by atoms with Crippen molar-refractivity contribution in [2.75, 3.05) is 0 Å². The molecule has 32 heavy (non-hydrogen) atoms. The Morgan fingerprint density at radius 2 is 1.12 bits per heavy atom. The van der Waals surface area contributed by atoms with Crippen LogP contribution in [0.1, 0.15) is 18.5 Å². The molecule has 0 heterocycles. The number of hydrogen-bond donors (Lipinski definition) is 1. The molecule has 0 amide bonds. The second kappa shape index (κ2) is 19.1. The van der Waals surface area contributed by atoms with Crippen LogP contribution in [0.4, 0.5) is 0 Å². The number of hydrogen-bond acceptors (Lipinski definition) is 2. The van der Waals surface area contributed by atoms with Gasteiger partial charge in [0.25, 0.3) is 0 Å². The third kappa shape index (κ3) is 10.6. The molecule has 1 atom stereocenters. The average molecular weight is 525 g/mol. The smallest absolute Gasteiger partial charge is 0 e. The van der Waals surface area contributed by atoms with Crippen molar-refractivity contribution in [2.45, 2.75) is 13.0 Å². The van der Waals surface area contributed by atoms with E-state index in [0.29, 0.717) is 6.04 Å². The van der Waals surface area contributed by atoms with E-state index in [1.807, 2.05) is 30.3 Å². The first kappa shape index (κ1) is 29.4. The normalized spacial score (nSPS) is 9.88. The fourth-order valence-electron chi connectivity index (χ4n) is 2.91. The van der Waals surface area contributed by atoms with Crippen molar-refractivity contribution in [1.82, 2.24) is 5.09 Å². The molecule has 4 aromatic rings. The van der Waals surface area contributed by atoms with Crippen LogP contribution >= 0.6 is 8.07 Å². The SMILES string of the molecule is CC(N[PH+](c1ccccc1)c1ccccc1)c1ccccc1.[C-]#[O+].[Mo].[N-]=O.c1cc[cH-]c1. The number of nitrogens with one attached hydrogen (secondary N) is 1. The summed E-state index contributed by atoms with van der Waals surface area (Å²) in [5.41, 5.74) is 7.08. The summed E-state index contributed by atoms with van der Waals surface area (Å²) in [6, 6.07) is 42.5. The summed E-state index contributed by atoms with van der Waals surface area (Å²) in [6.07, 6.45) is 0. The van der Waals surface area contributed by atoms with Gasteiger partial charge in [0.2, 0.25) is 0 Å². The minimum atomic E-state index is -0.996. The van der Waals surface area contributed by atoms with Gasteiger partial charge in [-0.3, -0.25) is 0 Å². The largest absolute Gasteiger partial charge is 0.577 e. The molecule has 0 bridgehead atoms. The molecule has 0 radical (unpaired) electrons. The molecule has 0 spiro atoms.